The van der Waals surface area contributed by atoms with Gasteiger partial charge in [-0.15, -0.1) is 0 Å². The highest BCUT2D eigenvalue weighted by atomic mass is 16.5. The Labute approximate surface area is 213 Å². The molecule has 2 aliphatic rings. The predicted octanol–water partition coefficient (Wildman–Crippen LogP) is 3.75. The molecule has 3 aromatic rings. The number of ether oxygens (including phenoxy) is 2. The Hall–Kier alpha value is -3.32. The molecule has 1 saturated heterocycles. The molecule has 1 aliphatic carbocycles. The van der Waals surface area contributed by atoms with Crippen molar-refractivity contribution in [3.8, 4) is 11.5 Å². The molecular weight excluding hydrogens is 452 g/mol. The highest BCUT2D eigenvalue weighted by Gasteiger charge is 2.32. The number of nitrogens with zero attached hydrogens (tertiary/aromatic N) is 3. The summed E-state index contributed by atoms with van der Waals surface area (Å²) in [6, 6.07) is 14.3. The lowest BCUT2D eigenvalue weighted by atomic mass is 9.88. The van der Waals surface area contributed by atoms with E-state index in [4.69, 9.17) is 9.47 Å². The molecule has 1 N–H and O–H groups in total. The largest absolute Gasteiger partial charge is 0.496 e. The van der Waals surface area contributed by atoms with Crippen molar-refractivity contribution in [1.29, 1.82) is 0 Å². The standard InChI is InChI=1S/C29H36N4O3/c1-32-13-12-30-28(32)19-33-17-21(20-36-26-11-10-22-7-5-8-23(22)15-26)14-25(18-33)29(34)31-16-24-6-3-4-9-27(24)35-2/h3-4,6,9-13,15,21,25H,5,7-8,14,16-20H2,1-2H3,(H,31,34)/t21-,25+/m0/s1. The fourth-order valence-electron chi connectivity index (χ4n) is 5.52. The van der Waals surface area contributed by atoms with Gasteiger partial charge >= 0.3 is 0 Å². The molecule has 0 spiro atoms. The van der Waals surface area contributed by atoms with Crippen LogP contribution in [0.3, 0.4) is 0 Å². The van der Waals surface area contributed by atoms with E-state index >= 15 is 0 Å². The maximum absolute atomic E-state index is 13.3. The molecule has 2 heterocycles. The van der Waals surface area contributed by atoms with Crippen LogP contribution in [-0.4, -0.2) is 47.2 Å². The number of imidazole rings is 1. The van der Waals surface area contributed by atoms with Crippen molar-refractivity contribution in [1.82, 2.24) is 19.8 Å². The third kappa shape index (κ3) is 5.73. The minimum absolute atomic E-state index is 0.0768. The zero-order valence-corrected chi connectivity index (χ0v) is 21.3. The minimum Gasteiger partial charge on any atom is -0.496 e. The zero-order valence-electron chi connectivity index (χ0n) is 21.3. The van der Waals surface area contributed by atoms with Crippen molar-refractivity contribution in [3.05, 3.63) is 77.4 Å². The van der Waals surface area contributed by atoms with Crippen LogP contribution in [0.1, 0.15) is 35.4 Å². The quantitative estimate of drug-likeness (QED) is 0.497. The monoisotopic (exact) mass is 488 g/mol. The van der Waals surface area contributed by atoms with Crippen molar-refractivity contribution in [2.45, 2.75) is 38.8 Å². The highest BCUT2D eigenvalue weighted by Crippen LogP contribution is 2.28. The van der Waals surface area contributed by atoms with Gasteiger partial charge in [0.2, 0.25) is 5.91 Å². The smallest absolute Gasteiger partial charge is 0.224 e. The topological polar surface area (TPSA) is 68.6 Å². The molecule has 7 nitrogen and oxygen atoms in total. The molecule has 1 aromatic heterocycles. The summed E-state index contributed by atoms with van der Waals surface area (Å²) in [4.78, 5) is 20.1. The Morgan fingerprint density at radius 2 is 2.00 bits per heavy atom. The molecule has 1 fully saturated rings. The molecule has 2 atom stereocenters. The van der Waals surface area contributed by atoms with Crippen LogP contribution in [0.4, 0.5) is 0 Å². The lowest BCUT2D eigenvalue weighted by molar-refractivity contribution is -0.128. The molecule has 36 heavy (non-hydrogen) atoms. The van der Waals surface area contributed by atoms with E-state index in [1.165, 1.54) is 24.0 Å². The van der Waals surface area contributed by atoms with Gasteiger partial charge in [0.25, 0.3) is 0 Å². The highest BCUT2D eigenvalue weighted by molar-refractivity contribution is 5.79. The first kappa shape index (κ1) is 24.4. The maximum Gasteiger partial charge on any atom is 0.224 e. The Morgan fingerprint density at radius 3 is 2.83 bits per heavy atom. The summed E-state index contributed by atoms with van der Waals surface area (Å²) in [5.74, 6) is 2.96. The zero-order chi connectivity index (χ0) is 24.9. The van der Waals surface area contributed by atoms with Gasteiger partial charge in [-0.1, -0.05) is 24.3 Å². The fraction of sp³-hybridized carbons (Fsp3) is 0.448. The summed E-state index contributed by atoms with van der Waals surface area (Å²) in [6.07, 6.45) is 8.14. The second-order valence-electron chi connectivity index (χ2n) is 10.1. The van der Waals surface area contributed by atoms with Crippen LogP contribution in [0.2, 0.25) is 0 Å². The SMILES string of the molecule is COc1ccccc1CNC(=O)[C@@H]1C[C@H](COc2ccc3c(c2)CCC3)CN(Cc2nccn2C)C1. The van der Waals surface area contributed by atoms with Crippen LogP contribution < -0.4 is 14.8 Å². The number of carbonyl (C=O) groups excluding carboxylic acids is 1. The van der Waals surface area contributed by atoms with E-state index in [1.54, 1.807) is 7.11 Å². The van der Waals surface area contributed by atoms with Crippen molar-refractivity contribution in [2.24, 2.45) is 18.9 Å². The van der Waals surface area contributed by atoms with Crippen LogP contribution in [0.25, 0.3) is 0 Å². The molecule has 7 heteroatoms. The predicted molar refractivity (Wildman–Crippen MR) is 139 cm³/mol. The van der Waals surface area contributed by atoms with Crippen molar-refractivity contribution in [2.75, 3.05) is 26.8 Å². The first-order chi connectivity index (χ1) is 17.6. The summed E-state index contributed by atoms with van der Waals surface area (Å²) in [7, 11) is 3.67. The van der Waals surface area contributed by atoms with Crippen LogP contribution in [0.5, 0.6) is 11.5 Å². The third-order valence-electron chi connectivity index (χ3n) is 7.47. The summed E-state index contributed by atoms with van der Waals surface area (Å²) in [5, 5.41) is 3.15. The van der Waals surface area contributed by atoms with Gasteiger partial charge in [-0.3, -0.25) is 9.69 Å². The Balaban J connectivity index is 1.24. The number of hydrogen-bond donors (Lipinski definition) is 1. The molecule has 0 bridgehead atoms. The number of aromatic nitrogens is 2. The molecule has 0 radical (unpaired) electrons. The van der Waals surface area contributed by atoms with Gasteiger partial charge in [0.05, 0.1) is 26.2 Å². The minimum atomic E-state index is -0.109. The fourth-order valence-corrected chi connectivity index (χ4v) is 5.52. The molecule has 0 saturated carbocycles. The molecule has 0 unspecified atom stereocenters. The lowest BCUT2D eigenvalue weighted by Gasteiger charge is -2.37. The molecule has 2 aromatic carbocycles. The summed E-state index contributed by atoms with van der Waals surface area (Å²) < 4.78 is 13.8. The third-order valence-corrected chi connectivity index (χ3v) is 7.47. The van der Waals surface area contributed by atoms with Gasteiger partial charge in [0.1, 0.15) is 17.3 Å². The van der Waals surface area contributed by atoms with E-state index in [9.17, 15) is 4.79 Å². The number of piperidine rings is 1. The number of benzene rings is 2. The van der Waals surface area contributed by atoms with Gasteiger partial charge in [0, 0.05) is 50.6 Å². The first-order valence-corrected chi connectivity index (χ1v) is 12.9. The Morgan fingerprint density at radius 1 is 1.14 bits per heavy atom. The van der Waals surface area contributed by atoms with Gasteiger partial charge in [-0.05, 0) is 55.0 Å². The summed E-state index contributed by atoms with van der Waals surface area (Å²) in [6.45, 7) is 3.37. The van der Waals surface area contributed by atoms with Gasteiger partial charge in [-0.25, -0.2) is 4.98 Å². The van der Waals surface area contributed by atoms with Gasteiger partial charge in [-0.2, -0.15) is 0 Å². The number of hydrogen-bond acceptors (Lipinski definition) is 5. The molecule has 1 amide bonds. The molecule has 5 rings (SSSR count). The van der Waals surface area contributed by atoms with E-state index < -0.39 is 0 Å². The lowest BCUT2D eigenvalue weighted by Crippen LogP contribution is -2.47. The average Bonchev–Trinajstić information content (AvgIpc) is 3.54. The van der Waals surface area contributed by atoms with E-state index in [-0.39, 0.29) is 17.7 Å². The normalized spacial score (nSPS) is 19.6. The number of para-hydroxylation sites is 1. The van der Waals surface area contributed by atoms with E-state index in [0.29, 0.717) is 19.7 Å². The van der Waals surface area contributed by atoms with Crippen molar-refractivity contribution >= 4 is 5.91 Å². The number of carbonyl (C=O) groups is 1. The van der Waals surface area contributed by atoms with Crippen LogP contribution >= 0.6 is 0 Å². The van der Waals surface area contributed by atoms with Crippen molar-refractivity contribution < 1.29 is 14.3 Å². The van der Waals surface area contributed by atoms with Crippen molar-refractivity contribution in [3.63, 3.8) is 0 Å². The molecular formula is C29H36N4O3. The first-order valence-electron chi connectivity index (χ1n) is 12.9. The van der Waals surface area contributed by atoms with E-state index in [1.807, 2.05) is 48.3 Å². The molecule has 190 valence electrons. The number of fused-ring (bicyclic) bond motifs is 1. The van der Waals surface area contributed by atoms with E-state index in [2.05, 4.69) is 33.4 Å². The Kier molecular flexibility index (Phi) is 7.56. The van der Waals surface area contributed by atoms with Crippen LogP contribution in [0.15, 0.2) is 54.9 Å². The average molecular weight is 489 g/mol. The van der Waals surface area contributed by atoms with Crippen LogP contribution in [0, 0.1) is 11.8 Å². The van der Waals surface area contributed by atoms with Gasteiger partial charge < -0.3 is 19.4 Å². The van der Waals surface area contributed by atoms with E-state index in [0.717, 1.165) is 48.8 Å². The number of likely N-dealkylation sites (tertiary alicyclic amines) is 1. The maximum atomic E-state index is 13.3. The molecule has 1 aliphatic heterocycles. The number of methoxy groups -OCH3 is 1. The number of aryl methyl sites for hydroxylation is 3. The summed E-state index contributed by atoms with van der Waals surface area (Å²) in [5.41, 5.74) is 3.85. The number of nitrogens with one attached hydrogen (secondary N) is 1. The van der Waals surface area contributed by atoms with Crippen LogP contribution in [-0.2, 0) is 37.8 Å². The van der Waals surface area contributed by atoms with Gasteiger partial charge in [0.15, 0.2) is 0 Å². The second-order valence-corrected chi connectivity index (χ2v) is 10.1. The number of rotatable bonds is 9. The number of amides is 1. The second kappa shape index (κ2) is 11.2. The Bertz CT molecular complexity index is 1190. The summed E-state index contributed by atoms with van der Waals surface area (Å²) >= 11 is 0.